The molecule has 1 aromatic heterocycles. The fourth-order valence-corrected chi connectivity index (χ4v) is 0.614. The van der Waals surface area contributed by atoms with Gasteiger partial charge in [-0.25, -0.2) is 0 Å². The van der Waals surface area contributed by atoms with Crippen molar-refractivity contribution in [1.29, 1.82) is 0 Å². The first-order valence-corrected chi connectivity index (χ1v) is 3.16. The number of H-pyrrole nitrogens is 1. The smallest absolute Gasteiger partial charge is 0.121 e. The fourth-order valence-electron chi connectivity index (χ4n) is 0.614. The summed E-state index contributed by atoms with van der Waals surface area (Å²) in [6.45, 7) is 3.13. The summed E-state index contributed by atoms with van der Waals surface area (Å²) in [4.78, 5) is 0. The zero-order valence-corrected chi connectivity index (χ0v) is 5.52. The Morgan fingerprint density at radius 1 is 1.78 bits per heavy atom. The van der Waals surface area contributed by atoms with Crippen LogP contribution in [0.25, 0.3) is 0 Å². The van der Waals surface area contributed by atoms with Gasteiger partial charge in [0.2, 0.25) is 0 Å². The summed E-state index contributed by atoms with van der Waals surface area (Å²) in [5, 5.41) is 9.75. The number of anilines is 1. The van der Waals surface area contributed by atoms with Crippen molar-refractivity contribution in [2.75, 3.05) is 11.9 Å². The highest BCUT2D eigenvalue weighted by Crippen LogP contribution is 1.96. The second-order valence-corrected chi connectivity index (χ2v) is 1.90. The largest absolute Gasteiger partial charge is 0.370 e. The molecule has 3 nitrogen and oxygen atoms in total. The average molecular weight is 125 g/mol. The molecule has 0 aromatic carbocycles. The summed E-state index contributed by atoms with van der Waals surface area (Å²) >= 11 is 0. The van der Waals surface area contributed by atoms with E-state index in [4.69, 9.17) is 0 Å². The summed E-state index contributed by atoms with van der Waals surface area (Å²) in [7, 11) is 0. The van der Waals surface area contributed by atoms with Gasteiger partial charge >= 0.3 is 0 Å². The third-order valence-electron chi connectivity index (χ3n) is 1.07. The molecule has 0 fully saturated rings. The zero-order chi connectivity index (χ0) is 6.53. The lowest BCUT2D eigenvalue weighted by atomic mass is 10.5. The monoisotopic (exact) mass is 125 g/mol. The summed E-state index contributed by atoms with van der Waals surface area (Å²) in [6, 6.07) is 1.91. The highest BCUT2D eigenvalue weighted by molar-refractivity contribution is 5.30. The van der Waals surface area contributed by atoms with Crippen molar-refractivity contribution in [3.05, 3.63) is 12.3 Å². The minimum absolute atomic E-state index is 0.997. The van der Waals surface area contributed by atoms with E-state index < -0.39 is 0 Å². The molecule has 0 amide bonds. The molecule has 0 radical (unpaired) electrons. The van der Waals surface area contributed by atoms with E-state index in [0.29, 0.717) is 0 Å². The Morgan fingerprint density at radius 2 is 2.67 bits per heavy atom. The fraction of sp³-hybridized carbons (Fsp3) is 0.500. The van der Waals surface area contributed by atoms with Crippen LogP contribution in [0.3, 0.4) is 0 Å². The van der Waals surface area contributed by atoms with Crippen molar-refractivity contribution in [1.82, 2.24) is 10.2 Å². The maximum absolute atomic E-state index is 3.79. The van der Waals surface area contributed by atoms with Gasteiger partial charge in [0.05, 0.1) is 6.20 Å². The molecule has 0 saturated carbocycles. The van der Waals surface area contributed by atoms with Crippen LogP contribution in [-0.2, 0) is 0 Å². The van der Waals surface area contributed by atoms with Crippen molar-refractivity contribution >= 4 is 5.82 Å². The third-order valence-corrected chi connectivity index (χ3v) is 1.07. The molecule has 0 aliphatic rings. The van der Waals surface area contributed by atoms with Crippen LogP contribution < -0.4 is 5.32 Å². The molecule has 1 rings (SSSR count). The van der Waals surface area contributed by atoms with Crippen LogP contribution in [0, 0.1) is 0 Å². The summed E-state index contributed by atoms with van der Waals surface area (Å²) in [6.07, 6.45) is 2.87. The van der Waals surface area contributed by atoms with Gasteiger partial charge in [-0.15, -0.1) is 0 Å². The molecule has 0 aliphatic heterocycles. The van der Waals surface area contributed by atoms with E-state index in [1.165, 1.54) is 0 Å². The molecule has 9 heavy (non-hydrogen) atoms. The van der Waals surface area contributed by atoms with Gasteiger partial charge in [0.1, 0.15) is 5.82 Å². The highest BCUT2D eigenvalue weighted by atomic mass is 15.2. The van der Waals surface area contributed by atoms with Gasteiger partial charge in [0, 0.05) is 6.54 Å². The molecule has 0 spiro atoms. The lowest BCUT2D eigenvalue weighted by Crippen LogP contribution is -1.99. The van der Waals surface area contributed by atoms with Crippen molar-refractivity contribution in [2.24, 2.45) is 0 Å². The van der Waals surface area contributed by atoms with Crippen LogP contribution in [0.15, 0.2) is 12.3 Å². The van der Waals surface area contributed by atoms with E-state index >= 15 is 0 Å². The predicted molar refractivity (Wildman–Crippen MR) is 37.4 cm³/mol. The SMILES string of the molecule is CCCNc1ccn[nH]1. The minimum atomic E-state index is 0.997. The molecule has 50 valence electrons. The van der Waals surface area contributed by atoms with Crippen LogP contribution >= 0.6 is 0 Å². The van der Waals surface area contributed by atoms with Crippen LogP contribution in [0.4, 0.5) is 5.82 Å². The van der Waals surface area contributed by atoms with Gasteiger partial charge in [-0.2, -0.15) is 5.10 Å². The van der Waals surface area contributed by atoms with Crippen molar-refractivity contribution in [2.45, 2.75) is 13.3 Å². The molecule has 0 unspecified atom stereocenters. The van der Waals surface area contributed by atoms with E-state index in [1.54, 1.807) is 6.20 Å². The van der Waals surface area contributed by atoms with Crippen LogP contribution in [0.5, 0.6) is 0 Å². The number of aromatic amines is 1. The van der Waals surface area contributed by atoms with Gasteiger partial charge < -0.3 is 5.32 Å². The molecule has 3 heteroatoms. The van der Waals surface area contributed by atoms with Crippen molar-refractivity contribution in [3.63, 3.8) is 0 Å². The molecule has 0 aliphatic carbocycles. The molecule has 0 atom stereocenters. The molecule has 2 N–H and O–H groups in total. The standard InChI is InChI=1S/C6H11N3/c1-2-4-7-6-3-5-8-9-6/h3,5H,2,4H2,1H3,(H2,7,8,9). The van der Waals surface area contributed by atoms with Crippen LogP contribution in [-0.4, -0.2) is 16.7 Å². The van der Waals surface area contributed by atoms with E-state index in [1.807, 2.05) is 6.07 Å². The first kappa shape index (κ1) is 6.13. The highest BCUT2D eigenvalue weighted by Gasteiger charge is 1.86. The maximum Gasteiger partial charge on any atom is 0.121 e. The molecule has 0 saturated heterocycles. The van der Waals surface area contributed by atoms with Crippen LogP contribution in [0.1, 0.15) is 13.3 Å². The molecule has 1 heterocycles. The number of aromatic nitrogens is 2. The lowest BCUT2D eigenvalue weighted by molar-refractivity contribution is 0.961. The Hall–Kier alpha value is -0.990. The van der Waals surface area contributed by atoms with Crippen molar-refractivity contribution < 1.29 is 0 Å². The zero-order valence-electron chi connectivity index (χ0n) is 5.52. The van der Waals surface area contributed by atoms with E-state index in [0.717, 1.165) is 18.8 Å². The number of nitrogens with one attached hydrogen (secondary N) is 2. The lowest BCUT2D eigenvalue weighted by Gasteiger charge is -1.97. The van der Waals surface area contributed by atoms with Gasteiger partial charge in [-0.1, -0.05) is 6.92 Å². The van der Waals surface area contributed by atoms with Gasteiger partial charge in [-0.3, -0.25) is 5.10 Å². The normalized spacial score (nSPS) is 9.44. The second kappa shape index (κ2) is 3.12. The Morgan fingerprint density at radius 3 is 3.22 bits per heavy atom. The minimum Gasteiger partial charge on any atom is -0.370 e. The Balaban J connectivity index is 2.30. The number of hydrogen-bond donors (Lipinski definition) is 2. The number of nitrogens with zero attached hydrogens (tertiary/aromatic N) is 1. The third kappa shape index (κ3) is 1.76. The first-order valence-electron chi connectivity index (χ1n) is 3.16. The van der Waals surface area contributed by atoms with Crippen molar-refractivity contribution in [3.8, 4) is 0 Å². The van der Waals surface area contributed by atoms with E-state index in [-0.39, 0.29) is 0 Å². The molecule has 0 bridgehead atoms. The van der Waals surface area contributed by atoms with Crippen LogP contribution in [0.2, 0.25) is 0 Å². The van der Waals surface area contributed by atoms with Gasteiger partial charge in [0.15, 0.2) is 0 Å². The Labute approximate surface area is 54.5 Å². The van der Waals surface area contributed by atoms with E-state index in [2.05, 4.69) is 22.4 Å². The predicted octanol–water partition coefficient (Wildman–Crippen LogP) is 1.23. The quantitative estimate of drug-likeness (QED) is 0.638. The number of hydrogen-bond acceptors (Lipinski definition) is 2. The topological polar surface area (TPSA) is 40.7 Å². The first-order chi connectivity index (χ1) is 4.43. The van der Waals surface area contributed by atoms with E-state index in [9.17, 15) is 0 Å². The molecular formula is C6H11N3. The Kier molecular flexibility index (Phi) is 2.13. The summed E-state index contributed by atoms with van der Waals surface area (Å²) in [5.74, 6) is 0.997. The summed E-state index contributed by atoms with van der Waals surface area (Å²) < 4.78 is 0. The molecule has 1 aromatic rings. The maximum atomic E-state index is 3.79. The average Bonchev–Trinajstić information content (AvgIpc) is 2.34. The number of rotatable bonds is 3. The molecular weight excluding hydrogens is 114 g/mol. The van der Waals surface area contributed by atoms with Gasteiger partial charge in [0.25, 0.3) is 0 Å². The second-order valence-electron chi connectivity index (χ2n) is 1.90. The Bertz CT molecular complexity index is 145. The van der Waals surface area contributed by atoms with Gasteiger partial charge in [-0.05, 0) is 12.5 Å². The summed E-state index contributed by atoms with van der Waals surface area (Å²) in [5.41, 5.74) is 0.